The number of hydrogen-bond acceptors (Lipinski definition) is 3. The first-order valence-corrected chi connectivity index (χ1v) is 5.84. The van der Waals surface area contributed by atoms with Crippen LogP contribution in [-0.4, -0.2) is 20.3 Å². The van der Waals surface area contributed by atoms with E-state index in [0.717, 1.165) is 12.3 Å². The molecule has 0 aliphatic carbocycles. The Hall–Kier alpha value is -1.36. The molecular weight excluding hydrogens is 269 g/mol. The van der Waals surface area contributed by atoms with E-state index in [1.54, 1.807) is 31.4 Å². The zero-order chi connectivity index (χ0) is 12.8. The van der Waals surface area contributed by atoms with Crippen LogP contribution in [0.2, 0.25) is 0 Å². The standard InChI is InChI=1S/C14H16FNO2.ClH/c1-17-9-8-16-10-11-6-7-14(18-11)12-4-2-3-5-13(12)15;/h2-7,16H,8-10H2,1H3;1H/p-1. The highest BCUT2D eigenvalue weighted by molar-refractivity contribution is 5.58. The number of hydrogen-bond donors (Lipinski definition) is 1. The molecule has 2 aromatic rings. The van der Waals surface area contributed by atoms with Crippen molar-refractivity contribution in [3.05, 3.63) is 48.0 Å². The van der Waals surface area contributed by atoms with E-state index in [-0.39, 0.29) is 18.2 Å². The molecule has 0 spiro atoms. The molecule has 0 saturated heterocycles. The molecule has 19 heavy (non-hydrogen) atoms. The minimum Gasteiger partial charge on any atom is -1.00 e. The van der Waals surface area contributed by atoms with Gasteiger partial charge < -0.3 is 26.9 Å². The van der Waals surface area contributed by atoms with Crippen molar-refractivity contribution in [2.24, 2.45) is 0 Å². The van der Waals surface area contributed by atoms with E-state index in [2.05, 4.69) is 5.32 Å². The number of rotatable bonds is 6. The number of methoxy groups -OCH3 is 1. The third kappa shape index (κ3) is 4.35. The monoisotopic (exact) mass is 284 g/mol. The van der Waals surface area contributed by atoms with E-state index >= 15 is 0 Å². The van der Waals surface area contributed by atoms with Gasteiger partial charge in [-0.3, -0.25) is 0 Å². The zero-order valence-electron chi connectivity index (χ0n) is 10.7. The Balaban J connectivity index is 0.00000180. The van der Waals surface area contributed by atoms with Crippen molar-refractivity contribution in [3.8, 4) is 11.3 Å². The molecule has 104 valence electrons. The fourth-order valence-electron chi connectivity index (χ4n) is 1.66. The lowest BCUT2D eigenvalue weighted by molar-refractivity contribution is -0.00000522. The Bertz CT molecular complexity index is 502. The smallest absolute Gasteiger partial charge is 0.137 e. The molecule has 1 aromatic heterocycles. The summed E-state index contributed by atoms with van der Waals surface area (Å²) in [4.78, 5) is 0. The van der Waals surface area contributed by atoms with E-state index in [9.17, 15) is 4.39 Å². The number of halogens is 2. The molecular formula is C14H16ClFNO2-. The summed E-state index contributed by atoms with van der Waals surface area (Å²) in [5.74, 6) is 1.06. The highest BCUT2D eigenvalue weighted by Crippen LogP contribution is 2.24. The summed E-state index contributed by atoms with van der Waals surface area (Å²) in [7, 11) is 1.66. The van der Waals surface area contributed by atoms with Crippen LogP contribution in [0.3, 0.4) is 0 Å². The SMILES string of the molecule is COCCNCc1ccc(-c2ccccc2F)o1.[Cl-]. The van der Waals surface area contributed by atoms with E-state index < -0.39 is 0 Å². The van der Waals surface area contributed by atoms with Crippen molar-refractivity contribution in [1.29, 1.82) is 0 Å². The quantitative estimate of drug-likeness (QED) is 0.748. The highest BCUT2D eigenvalue weighted by Gasteiger charge is 2.08. The van der Waals surface area contributed by atoms with Gasteiger partial charge in [-0.15, -0.1) is 0 Å². The third-order valence-corrected chi connectivity index (χ3v) is 2.58. The number of furan rings is 1. The first-order valence-electron chi connectivity index (χ1n) is 5.84. The van der Waals surface area contributed by atoms with Crippen molar-refractivity contribution >= 4 is 0 Å². The molecule has 0 fully saturated rings. The van der Waals surface area contributed by atoms with Gasteiger partial charge in [-0.2, -0.15) is 0 Å². The van der Waals surface area contributed by atoms with Gasteiger partial charge in [0.15, 0.2) is 0 Å². The van der Waals surface area contributed by atoms with Gasteiger partial charge in [0.25, 0.3) is 0 Å². The number of ether oxygens (including phenoxy) is 1. The summed E-state index contributed by atoms with van der Waals surface area (Å²) in [6, 6.07) is 10.2. The fourth-order valence-corrected chi connectivity index (χ4v) is 1.66. The molecule has 0 aliphatic heterocycles. The molecule has 0 atom stereocenters. The van der Waals surface area contributed by atoms with Crippen molar-refractivity contribution < 1.29 is 26.0 Å². The maximum atomic E-state index is 13.5. The van der Waals surface area contributed by atoms with Gasteiger partial charge in [-0.1, -0.05) is 12.1 Å². The number of benzene rings is 1. The Labute approximate surface area is 118 Å². The second-order valence-corrected chi connectivity index (χ2v) is 3.92. The highest BCUT2D eigenvalue weighted by atomic mass is 35.5. The van der Waals surface area contributed by atoms with Crippen LogP contribution in [0.1, 0.15) is 5.76 Å². The second-order valence-electron chi connectivity index (χ2n) is 3.92. The Morgan fingerprint density at radius 3 is 2.74 bits per heavy atom. The Kier molecular flexibility index (Phi) is 6.56. The molecule has 0 saturated carbocycles. The predicted octanol–water partition coefficient (Wildman–Crippen LogP) is -0.174. The van der Waals surface area contributed by atoms with Gasteiger partial charge in [0, 0.05) is 13.7 Å². The minimum atomic E-state index is -0.272. The predicted molar refractivity (Wildman–Crippen MR) is 67.7 cm³/mol. The van der Waals surface area contributed by atoms with E-state index in [1.807, 2.05) is 6.07 Å². The molecule has 1 aromatic carbocycles. The first kappa shape index (κ1) is 15.7. The molecule has 2 rings (SSSR count). The van der Waals surface area contributed by atoms with Crippen molar-refractivity contribution in [2.75, 3.05) is 20.3 Å². The molecule has 1 heterocycles. The van der Waals surface area contributed by atoms with E-state index in [4.69, 9.17) is 9.15 Å². The molecule has 0 amide bonds. The maximum Gasteiger partial charge on any atom is 0.137 e. The average Bonchev–Trinajstić information content (AvgIpc) is 2.84. The molecule has 0 radical (unpaired) electrons. The first-order chi connectivity index (χ1) is 8.81. The molecule has 0 unspecified atom stereocenters. The summed E-state index contributed by atoms with van der Waals surface area (Å²) in [6.45, 7) is 2.02. The van der Waals surface area contributed by atoms with Crippen LogP contribution in [0.25, 0.3) is 11.3 Å². The van der Waals surface area contributed by atoms with E-state index in [1.165, 1.54) is 6.07 Å². The van der Waals surface area contributed by atoms with Crippen molar-refractivity contribution in [3.63, 3.8) is 0 Å². The Morgan fingerprint density at radius 1 is 1.21 bits per heavy atom. The van der Waals surface area contributed by atoms with Gasteiger partial charge in [-0.05, 0) is 24.3 Å². The van der Waals surface area contributed by atoms with Crippen molar-refractivity contribution in [2.45, 2.75) is 6.54 Å². The molecule has 3 nitrogen and oxygen atoms in total. The summed E-state index contributed by atoms with van der Waals surface area (Å²) in [5.41, 5.74) is 0.487. The van der Waals surface area contributed by atoms with Crippen molar-refractivity contribution in [1.82, 2.24) is 5.32 Å². The van der Waals surface area contributed by atoms with Gasteiger partial charge in [0.1, 0.15) is 17.3 Å². The Morgan fingerprint density at radius 2 is 2.00 bits per heavy atom. The molecule has 1 N–H and O–H groups in total. The zero-order valence-corrected chi connectivity index (χ0v) is 11.4. The van der Waals surface area contributed by atoms with Gasteiger partial charge >= 0.3 is 0 Å². The van der Waals surface area contributed by atoms with E-state index in [0.29, 0.717) is 24.5 Å². The lowest BCUT2D eigenvalue weighted by Crippen LogP contribution is -3.00. The van der Waals surface area contributed by atoms with Crippen LogP contribution in [0.4, 0.5) is 4.39 Å². The number of nitrogens with one attached hydrogen (secondary N) is 1. The third-order valence-electron chi connectivity index (χ3n) is 2.58. The molecule has 0 bridgehead atoms. The minimum absolute atomic E-state index is 0. The van der Waals surface area contributed by atoms with Crippen LogP contribution < -0.4 is 17.7 Å². The average molecular weight is 285 g/mol. The lowest BCUT2D eigenvalue weighted by Gasteiger charge is -2.01. The van der Waals surface area contributed by atoms with Crippen LogP contribution >= 0.6 is 0 Å². The topological polar surface area (TPSA) is 34.4 Å². The molecule has 5 heteroatoms. The fraction of sp³-hybridized carbons (Fsp3) is 0.286. The van der Waals surface area contributed by atoms with Crippen LogP contribution in [-0.2, 0) is 11.3 Å². The summed E-state index contributed by atoms with van der Waals surface area (Å²) < 4.78 is 24.1. The van der Waals surface area contributed by atoms with Crippen LogP contribution in [0.15, 0.2) is 40.8 Å². The second kappa shape index (κ2) is 7.94. The van der Waals surface area contributed by atoms with Gasteiger partial charge in [0.05, 0.1) is 18.7 Å². The van der Waals surface area contributed by atoms with Crippen LogP contribution in [0, 0.1) is 5.82 Å². The summed E-state index contributed by atoms with van der Waals surface area (Å²) >= 11 is 0. The molecule has 0 aliphatic rings. The largest absolute Gasteiger partial charge is 1.00 e. The summed E-state index contributed by atoms with van der Waals surface area (Å²) in [5, 5.41) is 3.17. The maximum absolute atomic E-state index is 13.5. The summed E-state index contributed by atoms with van der Waals surface area (Å²) in [6.07, 6.45) is 0. The van der Waals surface area contributed by atoms with Gasteiger partial charge in [0.2, 0.25) is 0 Å². The normalized spacial score (nSPS) is 10.2. The lowest BCUT2D eigenvalue weighted by atomic mass is 10.1. The van der Waals surface area contributed by atoms with Crippen LogP contribution in [0.5, 0.6) is 0 Å². The van der Waals surface area contributed by atoms with Gasteiger partial charge in [-0.25, -0.2) is 4.39 Å².